The largest absolute Gasteiger partial charge is 0.375 e. The zero-order chi connectivity index (χ0) is 24.1. The fraction of sp³-hybridized carbons (Fsp3) is 0.483. The van der Waals surface area contributed by atoms with Crippen molar-refractivity contribution in [3.63, 3.8) is 0 Å². The Morgan fingerprint density at radius 2 is 1.56 bits per heavy atom. The van der Waals surface area contributed by atoms with Gasteiger partial charge in [-0.1, -0.05) is 83.8 Å². The third-order valence-corrected chi connectivity index (χ3v) is 5.62. The second kappa shape index (κ2) is 14.9. The van der Waals surface area contributed by atoms with E-state index in [1.165, 1.54) is 40.0 Å². The summed E-state index contributed by atoms with van der Waals surface area (Å²) in [4.78, 5) is 7.17. The Bertz CT molecular complexity index is 872. The third kappa shape index (κ3) is 7.24. The van der Waals surface area contributed by atoms with E-state index in [1.807, 2.05) is 46.0 Å². The van der Waals surface area contributed by atoms with Crippen LogP contribution in [0.25, 0.3) is 5.57 Å². The predicted molar refractivity (Wildman–Crippen MR) is 143 cm³/mol. The molecule has 1 aliphatic carbocycles. The second-order valence-corrected chi connectivity index (χ2v) is 8.16. The van der Waals surface area contributed by atoms with E-state index in [4.69, 9.17) is 16.6 Å². The monoisotopic (exact) mass is 454 g/mol. The molecule has 2 aromatic rings. The van der Waals surface area contributed by atoms with Crippen molar-refractivity contribution in [1.29, 1.82) is 0 Å². The number of aromatic nitrogens is 1. The highest BCUT2D eigenvalue weighted by Crippen LogP contribution is 2.38. The fourth-order valence-corrected chi connectivity index (χ4v) is 4.24. The molecule has 2 nitrogen and oxygen atoms in total. The Labute approximate surface area is 202 Å². The van der Waals surface area contributed by atoms with Gasteiger partial charge in [0.2, 0.25) is 0 Å². The highest BCUT2D eigenvalue weighted by molar-refractivity contribution is 6.30. The lowest BCUT2D eigenvalue weighted by atomic mass is 9.88. The average molecular weight is 455 g/mol. The van der Waals surface area contributed by atoms with Crippen LogP contribution < -0.4 is 0 Å². The summed E-state index contributed by atoms with van der Waals surface area (Å²) in [6, 6.07) is 10.6. The summed E-state index contributed by atoms with van der Waals surface area (Å²) < 4.78 is 0. The minimum Gasteiger partial charge on any atom is -0.375 e. The van der Waals surface area contributed by atoms with Crippen molar-refractivity contribution in [2.24, 2.45) is 0 Å². The topological polar surface area (TPSA) is 16.1 Å². The number of halogens is 1. The molecular weight excluding hydrogens is 412 g/mol. The molecule has 2 aliphatic rings. The molecule has 1 aromatic heterocycles. The number of benzene rings is 1. The van der Waals surface area contributed by atoms with E-state index in [0.29, 0.717) is 0 Å². The summed E-state index contributed by atoms with van der Waals surface area (Å²) in [6.07, 6.45) is 7.35. The molecule has 1 aliphatic heterocycles. The molecule has 1 fully saturated rings. The lowest BCUT2D eigenvalue weighted by Gasteiger charge is -2.32. The van der Waals surface area contributed by atoms with Crippen LogP contribution in [0, 0.1) is 0 Å². The van der Waals surface area contributed by atoms with Gasteiger partial charge in [-0.2, -0.15) is 0 Å². The molecule has 1 saturated heterocycles. The van der Waals surface area contributed by atoms with Crippen LogP contribution in [0.5, 0.6) is 0 Å². The summed E-state index contributed by atoms with van der Waals surface area (Å²) in [6.45, 7) is 20.5. The summed E-state index contributed by atoms with van der Waals surface area (Å²) in [5, 5.41) is 0.819. The number of aryl methyl sites for hydroxylation is 2. The van der Waals surface area contributed by atoms with E-state index in [0.717, 1.165) is 49.5 Å². The first-order valence-electron chi connectivity index (χ1n) is 12.4. The molecule has 1 aromatic carbocycles. The normalized spacial score (nSPS) is 14.2. The van der Waals surface area contributed by atoms with Gasteiger partial charge in [0.15, 0.2) is 0 Å². The van der Waals surface area contributed by atoms with Crippen LogP contribution in [0.4, 0.5) is 0 Å². The van der Waals surface area contributed by atoms with Gasteiger partial charge in [0.25, 0.3) is 0 Å². The van der Waals surface area contributed by atoms with Gasteiger partial charge < -0.3 is 4.90 Å². The van der Waals surface area contributed by atoms with E-state index in [1.54, 1.807) is 0 Å². The molecule has 3 heteroatoms. The molecule has 0 unspecified atom stereocenters. The third-order valence-electron chi connectivity index (χ3n) is 5.39. The summed E-state index contributed by atoms with van der Waals surface area (Å²) in [5.41, 5.74) is 9.21. The van der Waals surface area contributed by atoms with Gasteiger partial charge in [0.1, 0.15) is 0 Å². The van der Waals surface area contributed by atoms with Crippen molar-refractivity contribution in [1.82, 2.24) is 9.88 Å². The molecule has 0 bridgehead atoms. The predicted octanol–water partition coefficient (Wildman–Crippen LogP) is 8.73. The van der Waals surface area contributed by atoms with Gasteiger partial charge in [0.05, 0.1) is 5.69 Å². The highest BCUT2D eigenvalue weighted by atomic mass is 35.5. The maximum Gasteiger partial charge on any atom is 0.0739 e. The molecule has 0 radical (unpaired) electrons. The number of likely N-dealkylation sites (tertiary alicyclic amines) is 1. The second-order valence-electron chi connectivity index (χ2n) is 7.72. The van der Waals surface area contributed by atoms with E-state index in [-0.39, 0.29) is 0 Å². The first-order valence-corrected chi connectivity index (χ1v) is 12.8. The molecule has 32 heavy (non-hydrogen) atoms. The van der Waals surface area contributed by atoms with Gasteiger partial charge in [0, 0.05) is 35.6 Å². The maximum atomic E-state index is 6.28. The van der Waals surface area contributed by atoms with Gasteiger partial charge in [-0.25, -0.2) is 0 Å². The number of hydrogen-bond donors (Lipinski definition) is 0. The van der Waals surface area contributed by atoms with Crippen LogP contribution in [0.1, 0.15) is 90.1 Å². The summed E-state index contributed by atoms with van der Waals surface area (Å²) in [7, 11) is 0. The molecule has 0 atom stereocenters. The number of hydrogen-bond acceptors (Lipinski definition) is 2. The molecule has 2 heterocycles. The highest BCUT2D eigenvalue weighted by Gasteiger charge is 2.24. The van der Waals surface area contributed by atoms with E-state index >= 15 is 0 Å². The Hall–Kier alpha value is -2.06. The van der Waals surface area contributed by atoms with Crippen LogP contribution in [0.2, 0.25) is 5.02 Å². The molecule has 4 rings (SSSR count). The quantitative estimate of drug-likeness (QED) is 0.428. The van der Waals surface area contributed by atoms with Crippen molar-refractivity contribution in [2.45, 2.75) is 80.6 Å². The zero-order valence-corrected chi connectivity index (χ0v) is 22.1. The van der Waals surface area contributed by atoms with Crippen molar-refractivity contribution in [3.8, 4) is 0 Å². The van der Waals surface area contributed by atoms with Gasteiger partial charge >= 0.3 is 0 Å². The lowest BCUT2D eigenvalue weighted by Crippen LogP contribution is -2.29. The SMILES string of the molecule is C=C(C)N1CCC(=C2c3ccc(Cl)cc3CCc3cccnc32)CC1.CC.CC.CCC. The number of pyridine rings is 1. The summed E-state index contributed by atoms with van der Waals surface area (Å²) >= 11 is 6.28. The first-order chi connectivity index (χ1) is 15.5. The average Bonchev–Trinajstić information content (AvgIpc) is 2.99. The van der Waals surface area contributed by atoms with Crippen molar-refractivity contribution >= 4 is 17.2 Å². The minimum atomic E-state index is 0.819. The molecule has 0 amide bonds. The molecular formula is C29H43ClN2. The number of allylic oxidation sites excluding steroid dienone is 1. The van der Waals surface area contributed by atoms with Crippen molar-refractivity contribution < 1.29 is 0 Å². The minimum absolute atomic E-state index is 0.819. The first kappa shape index (κ1) is 28.0. The number of fused-ring (bicyclic) bond motifs is 2. The number of nitrogens with zero attached hydrogens (tertiary/aromatic N) is 2. The van der Waals surface area contributed by atoms with E-state index in [9.17, 15) is 0 Å². The van der Waals surface area contributed by atoms with Crippen molar-refractivity contribution in [2.75, 3.05) is 13.1 Å². The maximum absolute atomic E-state index is 6.28. The van der Waals surface area contributed by atoms with Gasteiger partial charge in [-0.3, -0.25) is 4.98 Å². The molecule has 0 saturated carbocycles. The standard InChI is InChI=1S/C22H23ClN2.C3H8.2C2H6/c1-15(2)25-12-9-16(10-13-25)21-20-8-7-19(23)14-18(20)6-5-17-4-3-11-24-22(17)21;1-3-2;2*1-2/h3-4,7-8,11,14H,1,5-6,9-10,12-13H2,2H3;3H2,1-2H3;2*1-2H3. The smallest absolute Gasteiger partial charge is 0.0739 e. The summed E-state index contributed by atoms with van der Waals surface area (Å²) in [5.74, 6) is 0. The van der Waals surface area contributed by atoms with Crippen molar-refractivity contribution in [3.05, 3.63) is 81.8 Å². The lowest BCUT2D eigenvalue weighted by molar-refractivity contribution is 0.324. The van der Waals surface area contributed by atoms with Crippen LogP contribution in [0.3, 0.4) is 0 Å². The number of rotatable bonds is 1. The molecule has 176 valence electrons. The number of piperidine rings is 1. The molecule has 0 N–H and O–H groups in total. The Balaban J connectivity index is 0.000000662. The Morgan fingerprint density at radius 3 is 2.16 bits per heavy atom. The van der Waals surface area contributed by atoms with Gasteiger partial charge in [-0.15, -0.1) is 0 Å². The molecule has 0 spiro atoms. The fourth-order valence-electron chi connectivity index (χ4n) is 4.04. The van der Waals surface area contributed by atoms with Crippen LogP contribution in [0.15, 0.2) is 54.4 Å². The van der Waals surface area contributed by atoms with Gasteiger partial charge in [-0.05, 0) is 67.5 Å². The van der Waals surface area contributed by atoms with E-state index in [2.05, 4.69) is 50.4 Å². The van der Waals surface area contributed by atoms with Crippen LogP contribution in [-0.2, 0) is 12.8 Å². The Morgan fingerprint density at radius 1 is 0.969 bits per heavy atom. The Kier molecular flexibility index (Phi) is 13.0. The van der Waals surface area contributed by atoms with Crippen LogP contribution in [-0.4, -0.2) is 23.0 Å². The van der Waals surface area contributed by atoms with E-state index < -0.39 is 0 Å². The van der Waals surface area contributed by atoms with Crippen LogP contribution >= 0.6 is 11.6 Å². The zero-order valence-electron chi connectivity index (χ0n) is 21.4.